The van der Waals surface area contributed by atoms with Crippen molar-refractivity contribution in [1.29, 1.82) is 0 Å². The Morgan fingerprint density at radius 1 is 1.00 bits per heavy atom. The monoisotopic (exact) mass is 324 g/mol. The second kappa shape index (κ2) is 8.68. The topological polar surface area (TPSA) is 26.3 Å². The van der Waals surface area contributed by atoms with E-state index in [0.29, 0.717) is 11.7 Å². The summed E-state index contributed by atoms with van der Waals surface area (Å²) in [6.45, 7) is 8.22. The molecule has 2 aromatic carbocycles. The van der Waals surface area contributed by atoms with Crippen molar-refractivity contribution in [2.24, 2.45) is 0 Å². The molecule has 1 fully saturated rings. The lowest BCUT2D eigenvalue weighted by molar-refractivity contribution is 0.112. The fraction of sp³-hybridized carbons (Fsp3) is 0.409. The summed E-state index contributed by atoms with van der Waals surface area (Å²) in [5, 5.41) is 0. The number of rotatable bonds is 4. The van der Waals surface area contributed by atoms with Crippen LogP contribution in [0, 0.1) is 13.8 Å². The van der Waals surface area contributed by atoms with Crippen molar-refractivity contribution in [2.45, 2.75) is 59.5 Å². The Hall–Kier alpha value is -2.09. The molecule has 0 atom stereocenters. The molecule has 128 valence electrons. The van der Waals surface area contributed by atoms with Gasteiger partial charge in [-0.05, 0) is 80.0 Å². The average molecular weight is 324 g/mol. The van der Waals surface area contributed by atoms with E-state index < -0.39 is 0 Å². The number of carbonyl (C=O) groups excluding carboxylic acids is 1. The minimum Gasteiger partial charge on any atom is -0.490 e. The summed E-state index contributed by atoms with van der Waals surface area (Å²) in [5.41, 5.74) is 5.38. The van der Waals surface area contributed by atoms with Gasteiger partial charge >= 0.3 is 0 Å². The third kappa shape index (κ3) is 4.25. The Morgan fingerprint density at radius 3 is 2.21 bits per heavy atom. The van der Waals surface area contributed by atoms with Gasteiger partial charge in [-0.1, -0.05) is 32.0 Å². The summed E-state index contributed by atoms with van der Waals surface area (Å²) in [5.74, 6) is 0.970. The molecule has 2 aromatic rings. The van der Waals surface area contributed by atoms with Crippen LogP contribution >= 0.6 is 0 Å². The number of hydrogen-bond acceptors (Lipinski definition) is 2. The SMILES string of the molecule is CC.Cc1cc(OC2CCCC2)cc(C)c1-c1cccc(C=O)c1. The van der Waals surface area contributed by atoms with Gasteiger partial charge in [-0.3, -0.25) is 4.79 Å². The van der Waals surface area contributed by atoms with Crippen molar-refractivity contribution in [3.63, 3.8) is 0 Å². The molecule has 0 spiro atoms. The number of hydrogen-bond donors (Lipinski definition) is 0. The van der Waals surface area contributed by atoms with Crippen molar-refractivity contribution in [2.75, 3.05) is 0 Å². The molecule has 0 N–H and O–H groups in total. The summed E-state index contributed by atoms with van der Waals surface area (Å²) in [6.07, 6.45) is 6.16. The van der Waals surface area contributed by atoms with E-state index in [2.05, 4.69) is 32.0 Å². The fourth-order valence-corrected chi connectivity index (χ4v) is 3.41. The molecule has 0 radical (unpaired) electrons. The third-order valence-corrected chi connectivity index (χ3v) is 4.42. The first-order valence-corrected chi connectivity index (χ1v) is 9.01. The van der Waals surface area contributed by atoms with E-state index in [0.717, 1.165) is 17.6 Å². The molecule has 2 nitrogen and oxygen atoms in total. The zero-order chi connectivity index (χ0) is 17.5. The van der Waals surface area contributed by atoms with Crippen LogP contribution in [0.3, 0.4) is 0 Å². The van der Waals surface area contributed by atoms with Crippen molar-refractivity contribution < 1.29 is 9.53 Å². The van der Waals surface area contributed by atoms with Crippen LogP contribution < -0.4 is 4.74 Å². The predicted octanol–water partition coefficient (Wildman–Crippen LogP) is 6.13. The Balaban J connectivity index is 0.00000100. The number of carbonyl (C=O) groups is 1. The van der Waals surface area contributed by atoms with Crippen LogP contribution in [0.1, 0.15) is 61.0 Å². The summed E-state index contributed by atoms with van der Waals surface area (Å²) in [7, 11) is 0. The van der Waals surface area contributed by atoms with E-state index in [4.69, 9.17) is 4.74 Å². The van der Waals surface area contributed by atoms with Gasteiger partial charge in [0.05, 0.1) is 6.10 Å². The first-order valence-electron chi connectivity index (χ1n) is 9.01. The summed E-state index contributed by atoms with van der Waals surface area (Å²) < 4.78 is 6.12. The van der Waals surface area contributed by atoms with Gasteiger partial charge in [0.1, 0.15) is 12.0 Å². The lowest BCUT2D eigenvalue weighted by atomic mass is 9.94. The molecule has 24 heavy (non-hydrogen) atoms. The molecule has 0 heterocycles. The normalized spacial score (nSPS) is 14.0. The van der Waals surface area contributed by atoms with Crippen LogP contribution in [-0.2, 0) is 0 Å². The second-order valence-corrected chi connectivity index (χ2v) is 6.20. The highest BCUT2D eigenvalue weighted by molar-refractivity contribution is 5.80. The minimum absolute atomic E-state index is 0.378. The maximum Gasteiger partial charge on any atom is 0.150 e. The Kier molecular flexibility index (Phi) is 6.60. The molecule has 0 amide bonds. The van der Waals surface area contributed by atoms with E-state index in [1.807, 2.05) is 32.0 Å². The maximum atomic E-state index is 11.0. The maximum absolute atomic E-state index is 11.0. The summed E-state index contributed by atoms with van der Waals surface area (Å²) in [4.78, 5) is 11.0. The van der Waals surface area contributed by atoms with E-state index in [-0.39, 0.29) is 0 Å². The van der Waals surface area contributed by atoms with Crippen LogP contribution in [0.4, 0.5) is 0 Å². The van der Waals surface area contributed by atoms with Crippen LogP contribution in [0.2, 0.25) is 0 Å². The van der Waals surface area contributed by atoms with Crippen LogP contribution in [0.5, 0.6) is 5.75 Å². The van der Waals surface area contributed by atoms with Crippen molar-refractivity contribution in [1.82, 2.24) is 0 Å². The standard InChI is InChI=1S/C20H22O2.C2H6/c1-14-10-19(22-18-8-3-4-9-18)11-15(2)20(14)17-7-5-6-16(12-17)13-21;1-2/h5-7,10-13,18H,3-4,8-9H2,1-2H3;1-2H3. The fourth-order valence-electron chi connectivity index (χ4n) is 3.41. The second-order valence-electron chi connectivity index (χ2n) is 6.20. The van der Waals surface area contributed by atoms with Crippen LogP contribution in [0.15, 0.2) is 36.4 Å². The highest BCUT2D eigenvalue weighted by Gasteiger charge is 2.17. The number of benzene rings is 2. The van der Waals surface area contributed by atoms with Gasteiger partial charge in [0, 0.05) is 5.56 Å². The Morgan fingerprint density at radius 2 is 1.62 bits per heavy atom. The number of ether oxygens (including phenoxy) is 1. The summed E-state index contributed by atoms with van der Waals surface area (Å²) >= 11 is 0. The van der Waals surface area contributed by atoms with Crippen molar-refractivity contribution in [3.8, 4) is 16.9 Å². The molecule has 1 saturated carbocycles. The first kappa shape index (κ1) is 18.3. The lowest BCUT2D eigenvalue weighted by Crippen LogP contribution is -2.11. The van der Waals surface area contributed by atoms with E-state index in [1.165, 1.54) is 42.4 Å². The quantitative estimate of drug-likeness (QED) is 0.632. The van der Waals surface area contributed by atoms with Gasteiger partial charge < -0.3 is 4.74 Å². The van der Waals surface area contributed by atoms with Crippen molar-refractivity contribution >= 4 is 6.29 Å². The minimum atomic E-state index is 0.378. The number of aryl methyl sites for hydroxylation is 2. The van der Waals surface area contributed by atoms with Crippen molar-refractivity contribution in [3.05, 3.63) is 53.1 Å². The molecule has 0 bridgehead atoms. The van der Waals surface area contributed by atoms with Crippen LogP contribution in [0.25, 0.3) is 11.1 Å². The molecule has 1 aliphatic rings. The zero-order valence-electron chi connectivity index (χ0n) is 15.3. The van der Waals surface area contributed by atoms with Crippen LogP contribution in [-0.4, -0.2) is 12.4 Å². The lowest BCUT2D eigenvalue weighted by Gasteiger charge is -2.17. The largest absolute Gasteiger partial charge is 0.490 e. The van der Waals surface area contributed by atoms with Gasteiger partial charge in [0.2, 0.25) is 0 Å². The average Bonchev–Trinajstić information content (AvgIpc) is 3.09. The van der Waals surface area contributed by atoms with E-state index in [1.54, 1.807) is 0 Å². The van der Waals surface area contributed by atoms with Gasteiger partial charge in [0.25, 0.3) is 0 Å². The number of aldehydes is 1. The summed E-state index contributed by atoms with van der Waals surface area (Å²) in [6, 6.07) is 12.0. The molecule has 1 aliphatic carbocycles. The third-order valence-electron chi connectivity index (χ3n) is 4.42. The van der Waals surface area contributed by atoms with E-state index >= 15 is 0 Å². The van der Waals surface area contributed by atoms with Gasteiger partial charge in [-0.25, -0.2) is 0 Å². The van der Waals surface area contributed by atoms with Gasteiger partial charge in [-0.15, -0.1) is 0 Å². The highest BCUT2D eigenvalue weighted by atomic mass is 16.5. The molecule has 3 rings (SSSR count). The van der Waals surface area contributed by atoms with Gasteiger partial charge in [0.15, 0.2) is 0 Å². The molecule has 0 unspecified atom stereocenters. The zero-order valence-corrected chi connectivity index (χ0v) is 15.3. The molecule has 0 aromatic heterocycles. The molecule has 2 heteroatoms. The molecule has 0 saturated heterocycles. The predicted molar refractivity (Wildman–Crippen MR) is 101 cm³/mol. The molecule has 0 aliphatic heterocycles. The highest BCUT2D eigenvalue weighted by Crippen LogP contribution is 2.33. The Bertz CT molecular complexity index is 659. The van der Waals surface area contributed by atoms with E-state index in [9.17, 15) is 4.79 Å². The smallest absolute Gasteiger partial charge is 0.150 e. The Labute approximate surface area is 145 Å². The first-order chi connectivity index (χ1) is 11.7. The van der Waals surface area contributed by atoms with Gasteiger partial charge in [-0.2, -0.15) is 0 Å². The molecular formula is C22H28O2. The molecular weight excluding hydrogens is 296 g/mol.